The molecule has 1 fully saturated rings. The molecule has 0 spiro atoms. The second kappa shape index (κ2) is 6.72. The summed E-state index contributed by atoms with van der Waals surface area (Å²) in [5, 5.41) is -0.163. The normalized spacial score (nSPS) is 25.3. The van der Waals surface area contributed by atoms with E-state index in [9.17, 15) is 8.42 Å². The van der Waals surface area contributed by atoms with Crippen LogP contribution in [0.15, 0.2) is 30.3 Å². The van der Waals surface area contributed by atoms with Crippen molar-refractivity contribution in [2.45, 2.75) is 43.8 Å². The second-order valence-electron chi connectivity index (χ2n) is 6.07. The molecule has 0 radical (unpaired) electrons. The Morgan fingerprint density at radius 2 is 1.95 bits per heavy atom. The molecule has 0 bridgehead atoms. The van der Waals surface area contributed by atoms with Gasteiger partial charge in [-0.1, -0.05) is 50.1 Å². The van der Waals surface area contributed by atoms with E-state index >= 15 is 0 Å². The van der Waals surface area contributed by atoms with E-state index in [1.54, 1.807) is 0 Å². The number of sulfone groups is 1. The topological polar surface area (TPSA) is 60.2 Å². The molecule has 0 heterocycles. The molecule has 1 aromatic carbocycles. The summed E-state index contributed by atoms with van der Waals surface area (Å²) in [5.41, 5.74) is 6.83. The summed E-state index contributed by atoms with van der Waals surface area (Å²) in [7, 11) is -3.06. The monoisotopic (exact) mass is 295 g/mol. The summed E-state index contributed by atoms with van der Waals surface area (Å²) in [6, 6.07) is 9.75. The number of hydrogen-bond donors (Lipinski definition) is 1. The third-order valence-corrected chi connectivity index (χ3v) is 6.70. The number of nitrogens with two attached hydrogens (primary N) is 1. The maximum atomic E-state index is 12.6. The van der Waals surface area contributed by atoms with Crippen molar-refractivity contribution in [3.05, 3.63) is 35.9 Å². The average molecular weight is 295 g/mol. The van der Waals surface area contributed by atoms with Crippen LogP contribution in [0, 0.1) is 5.92 Å². The third-order valence-electron chi connectivity index (χ3n) is 4.39. The highest BCUT2D eigenvalue weighted by molar-refractivity contribution is 7.92. The first-order chi connectivity index (χ1) is 9.53. The molecule has 4 heteroatoms. The lowest BCUT2D eigenvalue weighted by Crippen LogP contribution is -2.33. The molecule has 112 valence electrons. The Morgan fingerprint density at radius 3 is 2.55 bits per heavy atom. The van der Waals surface area contributed by atoms with Crippen LogP contribution in [-0.4, -0.2) is 26.0 Å². The van der Waals surface area contributed by atoms with Crippen molar-refractivity contribution in [3.63, 3.8) is 0 Å². The first-order valence-electron chi connectivity index (χ1n) is 7.49. The minimum atomic E-state index is -3.06. The van der Waals surface area contributed by atoms with Crippen LogP contribution in [0.5, 0.6) is 0 Å². The molecule has 0 aromatic heterocycles. The van der Waals surface area contributed by atoms with Gasteiger partial charge in [-0.25, -0.2) is 8.42 Å². The number of rotatable bonds is 5. The molecule has 1 saturated carbocycles. The fourth-order valence-electron chi connectivity index (χ4n) is 3.15. The van der Waals surface area contributed by atoms with Crippen LogP contribution >= 0.6 is 0 Å². The second-order valence-corrected chi connectivity index (χ2v) is 8.39. The Hall–Kier alpha value is -0.870. The summed E-state index contributed by atoms with van der Waals surface area (Å²) in [4.78, 5) is 0. The molecule has 0 amide bonds. The Morgan fingerprint density at radius 1 is 1.25 bits per heavy atom. The van der Waals surface area contributed by atoms with Crippen LogP contribution in [0.4, 0.5) is 0 Å². The van der Waals surface area contributed by atoms with Gasteiger partial charge in [0.2, 0.25) is 0 Å². The lowest BCUT2D eigenvalue weighted by molar-refractivity contribution is 0.381. The van der Waals surface area contributed by atoms with Crippen LogP contribution in [-0.2, 0) is 9.84 Å². The van der Waals surface area contributed by atoms with Crippen LogP contribution in [0.25, 0.3) is 0 Å². The Kier molecular flexibility index (Phi) is 5.22. The quantitative estimate of drug-likeness (QED) is 0.908. The molecule has 20 heavy (non-hydrogen) atoms. The van der Waals surface area contributed by atoms with Gasteiger partial charge in [-0.15, -0.1) is 0 Å². The molecule has 1 aliphatic carbocycles. The Balaban J connectivity index is 2.10. The van der Waals surface area contributed by atoms with E-state index in [0.29, 0.717) is 12.5 Å². The molecule has 1 aliphatic rings. The lowest BCUT2D eigenvalue weighted by Gasteiger charge is -2.28. The van der Waals surface area contributed by atoms with E-state index in [1.807, 2.05) is 30.3 Å². The molecule has 3 nitrogen and oxygen atoms in total. The van der Waals surface area contributed by atoms with Crippen molar-refractivity contribution in [2.75, 3.05) is 12.3 Å². The summed E-state index contributed by atoms with van der Waals surface area (Å²) in [6.07, 6.45) is 3.82. The van der Waals surface area contributed by atoms with E-state index in [-0.39, 0.29) is 16.9 Å². The fraction of sp³-hybridized carbons (Fsp3) is 0.625. The SMILES string of the molecule is CC1CCCC(S(=O)(=O)CC(CN)c2ccccc2)C1. The van der Waals surface area contributed by atoms with Gasteiger partial charge in [0.15, 0.2) is 9.84 Å². The zero-order valence-corrected chi connectivity index (χ0v) is 13.0. The average Bonchev–Trinajstić information content (AvgIpc) is 2.46. The maximum absolute atomic E-state index is 12.6. The van der Waals surface area contributed by atoms with Gasteiger partial charge in [0.05, 0.1) is 11.0 Å². The van der Waals surface area contributed by atoms with Crippen molar-refractivity contribution in [1.29, 1.82) is 0 Å². The number of benzene rings is 1. The smallest absolute Gasteiger partial charge is 0.153 e. The molecular weight excluding hydrogens is 270 g/mol. The number of hydrogen-bond acceptors (Lipinski definition) is 3. The predicted octanol–water partition coefficient (Wildman–Crippen LogP) is 2.72. The van der Waals surface area contributed by atoms with Gasteiger partial charge in [0.1, 0.15) is 0 Å². The summed E-state index contributed by atoms with van der Waals surface area (Å²) in [5.74, 6) is 0.625. The molecule has 1 aromatic rings. The molecular formula is C16H25NO2S. The molecule has 2 rings (SSSR count). The molecule has 2 N–H and O–H groups in total. The van der Waals surface area contributed by atoms with Crippen LogP contribution < -0.4 is 5.73 Å². The molecule has 0 aliphatic heterocycles. The molecule has 3 unspecified atom stereocenters. The zero-order valence-electron chi connectivity index (χ0n) is 12.2. The van der Waals surface area contributed by atoms with E-state index in [4.69, 9.17) is 5.73 Å². The Labute approximate surface area is 122 Å². The maximum Gasteiger partial charge on any atom is 0.153 e. The van der Waals surface area contributed by atoms with E-state index < -0.39 is 9.84 Å². The highest BCUT2D eigenvalue weighted by Crippen LogP contribution is 2.30. The van der Waals surface area contributed by atoms with Crippen LogP contribution in [0.1, 0.15) is 44.1 Å². The molecule has 0 saturated heterocycles. The fourth-order valence-corrected chi connectivity index (χ4v) is 5.46. The highest BCUT2D eigenvalue weighted by Gasteiger charge is 2.32. The van der Waals surface area contributed by atoms with Gasteiger partial charge in [0.25, 0.3) is 0 Å². The van der Waals surface area contributed by atoms with Crippen molar-refractivity contribution in [3.8, 4) is 0 Å². The van der Waals surface area contributed by atoms with Crippen molar-refractivity contribution in [2.24, 2.45) is 11.7 Å². The predicted molar refractivity (Wildman–Crippen MR) is 83.4 cm³/mol. The summed E-state index contributed by atoms with van der Waals surface area (Å²) >= 11 is 0. The van der Waals surface area contributed by atoms with Gasteiger partial charge < -0.3 is 5.73 Å². The first-order valence-corrected chi connectivity index (χ1v) is 9.21. The van der Waals surface area contributed by atoms with E-state index in [2.05, 4.69) is 6.92 Å². The summed E-state index contributed by atoms with van der Waals surface area (Å²) < 4.78 is 25.2. The van der Waals surface area contributed by atoms with Crippen LogP contribution in [0.3, 0.4) is 0 Å². The lowest BCUT2D eigenvalue weighted by atomic mass is 9.90. The highest BCUT2D eigenvalue weighted by atomic mass is 32.2. The third kappa shape index (κ3) is 3.83. The summed E-state index contributed by atoms with van der Waals surface area (Å²) in [6.45, 7) is 2.53. The van der Waals surface area contributed by atoms with E-state index in [0.717, 1.165) is 31.2 Å². The van der Waals surface area contributed by atoms with Gasteiger partial charge in [-0.3, -0.25) is 0 Å². The van der Waals surface area contributed by atoms with E-state index in [1.165, 1.54) is 0 Å². The first kappa shape index (κ1) is 15.5. The zero-order chi connectivity index (χ0) is 14.6. The van der Waals surface area contributed by atoms with Crippen LogP contribution in [0.2, 0.25) is 0 Å². The van der Waals surface area contributed by atoms with Crippen molar-refractivity contribution >= 4 is 9.84 Å². The van der Waals surface area contributed by atoms with Gasteiger partial charge in [-0.05, 0) is 24.3 Å². The van der Waals surface area contributed by atoms with Gasteiger partial charge in [-0.2, -0.15) is 0 Å². The van der Waals surface area contributed by atoms with Crippen molar-refractivity contribution < 1.29 is 8.42 Å². The van der Waals surface area contributed by atoms with Gasteiger partial charge in [0, 0.05) is 12.5 Å². The largest absolute Gasteiger partial charge is 0.330 e. The minimum Gasteiger partial charge on any atom is -0.330 e. The standard InChI is InChI=1S/C16H25NO2S/c1-13-6-5-9-16(10-13)20(18,19)12-15(11-17)14-7-3-2-4-8-14/h2-4,7-8,13,15-16H,5-6,9-12,17H2,1H3. The van der Waals surface area contributed by atoms with Gasteiger partial charge >= 0.3 is 0 Å². The Bertz CT molecular complexity index is 513. The van der Waals surface area contributed by atoms with Crippen molar-refractivity contribution in [1.82, 2.24) is 0 Å². The molecule has 3 atom stereocenters. The minimum absolute atomic E-state index is 0.0848.